The Bertz CT molecular complexity index is 956. The predicted octanol–water partition coefficient (Wildman–Crippen LogP) is 3.13. The van der Waals surface area contributed by atoms with E-state index >= 15 is 0 Å². The number of aliphatic hydroxyl groups is 1. The van der Waals surface area contributed by atoms with Crippen LogP contribution in [0.3, 0.4) is 0 Å². The lowest BCUT2D eigenvalue weighted by molar-refractivity contribution is -0.184. The first-order valence-electron chi connectivity index (χ1n) is 12.9. The summed E-state index contributed by atoms with van der Waals surface area (Å²) >= 11 is 0. The molecule has 2 saturated heterocycles. The molecule has 6 aliphatic rings. The molecule has 172 valence electrons. The highest BCUT2D eigenvalue weighted by Crippen LogP contribution is 2.62. The van der Waals surface area contributed by atoms with Gasteiger partial charge in [-0.2, -0.15) is 0 Å². The molecule has 2 bridgehead atoms. The quantitative estimate of drug-likeness (QED) is 0.771. The molecule has 32 heavy (non-hydrogen) atoms. The lowest BCUT2D eigenvalue weighted by Crippen LogP contribution is -2.75. The zero-order valence-electron chi connectivity index (χ0n) is 19.3. The zero-order valence-corrected chi connectivity index (χ0v) is 19.3. The third-order valence-electron chi connectivity index (χ3n) is 10.1. The van der Waals surface area contributed by atoms with Gasteiger partial charge in [-0.05, 0) is 98.9 Å². The Balaban J connectivity index is 1.33. The summed E-state index contributed by atoms with van der Waals surface area (Å²) in [4.78, 5) is 17.9. The van der Waals surface area contributed by atoms with Crippen molar-refractivity contribution < 1.29 is 14.6 Å². The summed E-state index contributed by atoms with van der Waals surface area (Å²) in [5.41, 5.74) is 1.67. The maximum Gasteiger partial charge on any atom is 0.223 e. The van der Waals surface area contributed by atoms with Crippen molar-refractivity contribution in [1.29, 1.82) is 0 Å². The van der Waals surface area contributed by atoms with Crippen molar-refractivity contribution in [3.8, 4) is 5.75 Å². The molecule has 1 aromatic rings. The standard InChI is InChI=1S/C27H36N2O3/c1-32-21-7-6-19-10-24-27(31)13-20-11-25(30)29(16-18-4-5-18)23(20)14-26(27,22(19)12-21)8-9-28(24)15-17-2-3-17/h6-7,12,17-18,20,23-24,31H,2-5,8-11,13-16H2,1H3/t20-,23+,24-,26-,27-/m1/s1. The molecule has 0 spiro atoms. The SMILES string of the molecule is COc1ccc2c(c1)[C@]13CCN(CC4CC4)[C@H](C2)[C@]1(O)C[C@H]1CC(=O)N(CC2CC2)[C@H]1C3. The van der Waals surface area contributed by atoms with Crippen LogP contribution in [0.25, 0.3) is 0 Å². The van der Waals surface area contributed by atoms with E-state index in [1.165, 1.54) is 36.8 Å². The van der Waals surface area contributed by atoms with Gasteiger partial charge in [-0.15, -0.1) is 0 Å². The molecule has 1 N–H and O–H groups in total. The summed E-state index contributed by atoms with van der Waals surface area (Å²) in [6.07, 6.45) is 9.46. The molecule has 2 aliphatic heterocycles. The molecular formula is C27H36N2O3. The minimum Gasteiger partial charge on any atom is -0.497 e. The van der Waals surface area contributed by atoms with Crippen LogP contribution in [0.1, 0.15) is 62.5 Å². The summed E-state index contributed by atoms with van der Waals surface area (Å²) in [5, 5.41) is 12.7. The van der Waals surface area contributed by atoms with Crippen molar-refractivity contribution in [2.75, 3.05) is 26.7 Å². The lowest BCUT2D eigenvalue weighted by Gasteiger charge is -2.66. The second-order valence-electron chi connectivity index (χ2n) is 11.9. The van der Waals surface area contributed by atoms with E-state index in [0.29, 0.717) is 24.2 Å². The summed E-state index contributed by atoms with van der Waals surface area (Å²) < 4.78 is 5.64. The minimum absolute atomic E-state index is 0.172. The Morgan fingerprint density at radius 2 is 1.88 bits per heavy atom. The van der Waals surface area contributed by atoms with E-state index in [-0.39, 0.29) is 17.5 Å². The first kappa shape index (κ1) is 19.8. The van der Waals surface area contributed by atoms with Gasteiger partial charge in [0.05, 0.1) is 12.7 Å². The molecule has 5 nitrogen and oxygen atoms in total. The highest BCUT2D eigenvalue weighted by Gasteiger charge is 2.68. The zero-order chi connectivity index (χ0) is 21.7. The van der Waals surface area contributed by atoms with Crippen molar-refractivity contribution in [3.63, 3.8) is 0 Å². The number of hydrogen-bond acceptors (Lipinski definition) is 4. The predicted molar refractivity (Wildman–Crippen MR) is 122 cm³/mol. The van der Waals surface area contributed by atoms with E-state index in [4.69, 9.17) is 4.74 Å². The molecule has 1 amide bonds. The molecule has 0 unspecified atom stereocenters. The van der Waals surface area contributed by atoms with Gasteiger partial charge in [0.2, 0.25) is 5.91 Å². The van der Waals surface area contributed by atoms with Crippen molar-refractivity contribution in [1.82, 2.24) is 9.80 Å². The highest BCUT2D eigenvalue weighted by atomic mass is 16.5. The Kier molecular flexibility index (Phi) is 4.17. The second-order valence-corrected chi connectivity index (χ2v) is 11.9. The van der Waals surface area contributed by atoms with Gasteiger partial charge in [-0.1, -0.05) is 6.07 Å². The van der Waals surface area contributed by atoms with Crippen molar-refractivity contribution >= 4 is 5.91 Å². The number of hydrogen-bond donors (Lipinski definition) is 1. The molecule has 7 rings (SSSR count). The minimum atomic E-state index is -0.753. The average molecular weight is 437 g/mol. The molecule has 1 aromatic carbocycles. The van der Waals surface area contributed by atoms with E-state index in [1.807, 2.05) is 0 Å². The van der Waals surface area contributed by atoms with Gasteiger partial charge in [0, 0.05) is 37.0 Å². The molecule has 5 fully saturated rings. The van der Waals surface area contributed by atoms with Crippen LogP contribution in [0.5, 0.6) is 5.75 Å². The van der Waals surface area contributed by atoms with E-state index in [9.17, 15) is 9.90 Å². The topological polar surface area (TPSA) is 53.0 Å². The highest BCUT2D eigenvalue weighted by molar-refractivity contribution is 5.79. The molecule has 5 atom stereocenters. The maximum atomic E-state index is 13.1. The van der Waals surface area contributed by atoms with Crippen molar-refractivity contribution in [2.45, 2.75) is 80.9 Å². The Morgan fingerprint density at radius 3 is 2.62 bits per heavy atom. The smallest absolute Gasteiger partial charge is 0.223 e. The fraction of sp³-hybridized carbons (Fsp3) is 0.741. The van der Waals surface area contributed by atoms with Crippen LogP contribution < -0.4 is 4.74 Å². The van der Waals surface area contributed by atoms with Crippen LogP contribution in [0.4, 0.5) is 0 Å². The van der Waals surface area contributed by atoms with Gasteiger partial charge in [0.25, 0.3) is 0 Å². The van der Waals surface area contributed by atoms with Gasteiger partial charge in [-0.3, -0.25) is 9.69 Å². The van der Waals surface area contributed by atoms with Gasteiger partial charge < -0.3 is 14.7 Å². The summed E-state index contributed by atoms with van der Waals surface area (Å²) in [7, 11) is 1.74. The summed E-state index contributed by atoms with van der Waals surface area (Å²) in [6.45, 7) is 3.14. The number of methoxy groups -OCH3 is 1. The van der Waals surface area contributed by atoms with Crippen LogP contribution >= 0.6 is 0 Å². The number of carbonyl (C=O) groups excluding carboxylic acids is 1. The fourth-order valence-corrected chi connectivity index (χ4v) is 8.05. The van der Waals surface area contributed by atoms with Crippen LogP contribution in [0.15, 0.2) is 18.2 Å². The summed E-state index contributed by atoms with van der Waals surface area (Å²) in [5.74, 6) is 3.05. The number of fused-ring (bicyclic) bond motifs is 2. The largest absolute Gasteiger partial charge is 0.497 e. The fourth-order valence-electron chi connectivity index (χ4n) is 8.05. The van der Waals surface area contributed by atoms with Crippen molar-refractivity contribution in [2.24, 2.45) is 17.8 Å². The first-order valence-corrected chi connectivity index (χ1v) is 12.9. The number of carbonyl (C=O) groups is 1. The molecule has 5 heteroatoms. The van der Waals surface area contributed by atoms with Crippen LogP contribution in [-0.4, -0.2) is 65.2 Å². The summed E-state index contributed by atoms with van der Waals surface area (Å²) in [6, 6.07) is 7.01. The number of likely N-dealkylation sites (tertiary alicyclic amines) is 2. The van der Waals surface area contributed by atoms with Crippen LogP contribution in [0, 0.1) is 17.8 Å². The monoisotopic (exact) mass is 436 g/mol. The number of amides is 1. The molecule has 4 aliphatic carbocycles. The number of nitrogens with zero attached hydrogens (tertiary/aromatic N) is 2. The third-order valence-corrected chi connectivity index (χ3v) is 10.1. The Hall–Kier alpha value is -1.59. The van der Waals surface area contributed by atoms with Gasteiger partial charge >= 0.3 is 0 Å². The maximum absolute atomic E-state index is 13.1. The molecule has 0 aromatic heterocycles. The van der Waals surface area contributed by atoms with E-state index in [2.05, 4.69) is 28.0 Å². The van der Waals surface area contributed by atoms with Gasteiger partial charge in [0.15, 0.2) is 0 Å². The lowest BCUT2D eigenvalue weighted by atomic mass is 9.47. The normalized spacial score (nSPS) is 40.6. The average Bonchev–Trinajstić information content (AvgIpc) is 3.69. The van der Waals surface area contributed by atoms with E-state index in [0.717, 1.165) is 57.0 Å². The number of benzene rings is 1. The van der Waals surface area contributed by atoms with Crippen LogP contribution in [-0.2, 0) is 16.6 Å². The molecular weight excluding hydrogens is 400 g/mol. The van der Waals surface area contributed by atoms with Gasteiger partial charge in [-0.25, -0.2) is 0 Å². The molecule has 3 saturated carbocycles. The van der Waals surface area contributed by atoms with E-state index in [1.54, 1.807) is 7.11 Å². The third kappa shape index (κ3) is 2.73. The van der Waals surface area contributed by atoms with Gasteiger partial charge in [0.1, 0.15) is 5.75 Å². The molecule has 0 radical (unpaired) electrons. The molecule has 2 heterocycles. The van der Waals surface area contributed by atoms with Crippen LogP contribution in [0.2, 0.25) is 0 Å². The number of rotatable bonds is 5. The Labute approximate surface area is 191 Å². The number of piperidine rings is 1. The van der Waals surface area contributed by atoms with Crippen molar-refractivity contribution in [3.05, 3.63) is 29.3 Å². The number of ether oxygens (including phenoxy) is 1. The Morgan fingerprint density at radius 1 is 1.09 bits per heavy atom. The second kappa shape index (κ2) is 6.73. The van der Waals surface area contributed by atoms with E-state index < -0.39 is 5.60 Å². The first-order chi connectivity index (χ1) is 15.5.